The van der Waals surface area contributed by atoms with Crippen LogP contribution in [0.25, 0.3) is 11.3 Å². The first-order valence-corrected chi connectivity index (χ1v) is 9.62. The standard InChI is InChI=1S/C22H22N4O/c27-21-14-20(17-7-9-23-10-8-17)24-22-25(11-4-12-26(21)22)15-18-13-19(18)16-5-2-1-3-6-16/h1-3,5-10,14,18-19H,4,11-13,15H2. The molecule has 27 heavy (non-hydrogen) atoms. The van der Waals surface area contributed by atoms with E-state index >= 15 is 0 Å². The van der Waals surface area contributed by atoms with Crippen LogP contribution in [0.15, 0.2) is 65.7 Å². The highest BCUT2D eigenvalue weighted by Gasteiger charge is 2.40. The highest BCUT2D eigenvalue weighted by Crippen LogP contribution is 2.48. The Kier molecular flexibility index (Phi) is 4.00. The van der Waals surface area contributed by atoms with E-state index in [0.717, 1.165) is 43.3 Å². The van der Waals surface area contributed by atoms with Gasteiger partial charge in [-0.1, -0.05) is 30.3 Å². The minimum Gasteiger partial charge on any atom is -0.342 e. The maximum Gasteiger partial charge on any atom is 0.255 e. The van der Waals surface area contributed by atoms with Crippen molar-refractivity contribution in [2.24, 2.45) is 5.92 Å². The molecule has 1 aromatic carbocycles. The first-order valence-electron chi connectivity index (χ1n) is 9.62. The van der Waals surface area contributed by atoms with Crippen molar-refractivity contribution < 1.29 is 0 Å². The van der Waals surface area contributed by atoms with Crippen molar-refractivity contribution in [3.8, 4) is 11.3 Å². The molecule has 0 radical (unpaired) electrons. The summed E-state index contributed by atoms with van der Waals surface area (Å²) in [7, 11) is 0. The lowest BCUT2D eigenvalue weighted by Gasteiger charge is -2.31. The van der Waals surface area contributed by atoms with E-state index in [-0.39, 0.29) is 5.56 Å². The Morgan fingerprint density at radius 2 is 1.85 bits per heavy atom. The Labute approximate surface area is 158 Å². The van der Waals surface area contributed by atoms with Crippen molar-refractivity contribution in [1.29, 1.82) is 0 Å². The molecule has 5 rings (SSSR count). The molecule has 0 N–H and O–H groups in total. The van der Waals surface area contributed by atoms with Gasteiger partial charge in [-0.25, -0.2) is 4.98 Å². The molecule has 1 aliphatic carbocycles. The van der Waals surface area contributed by atoms with Crippen LogP contribution >= 0.6 is 0 Å². The molecule has 1 fully saturated rings. The van der Waals surface area contributed by atoms with Gasteiger partial charge in [-0.2, -0.15) is 0 Å². The SMILES string of the molecule is O=c1cc(-c2ccncc2)nc2n1CCCN2CC1CC1c1ccccc1. The topological polar surface area (TPSA) is 51.0 Å². The molecule has 1 saturated carbocycles. The molecule has 136 valence electrons. The van der Waals surface area contributed by atoms with Crippen LogP contribution in [-0.4, -0.2) is 27.6 Å². The van der Waals surface area contributed by atoms with Gasteiger partial charge in [-0.15, -0.1) is 0 Å². The van der Waals surface area contributed by atoms with Crippen LogP contribution in [0.4, 0.5) is 5.95 Å². The summed E-state index contributed by atoms with van der Waals surface area (Å²) in [5.74, 6) is 2.09. The summed E-state index contributed by atoms with van der Waals surface area (Å²) in [4.78, 5) is 23.9. The molecular weight excluding hydrogens is 336 g/mol. The lowest BCUT2D eigenvalue weighted by atomic mass is 10.1. The Bertz CT molecular complexity index is 1000. The number of hydrogen-bond donors (Lipinski definition) is 0. The Hall–Kier alpha value is -2.95. The molecule has 0 saturated heterocycles. The van der Waals surface area contributed by atoms with Gasteiger partial charge in [-0.3, -0.25) is 14.3 Å². The van der Waals surface area contributed by atoms with Crippen molar-refractivity contribution in [2.75, 3.05) is 18.0 Å². The molecule has 0 amide bonds. The van der Waals surface area contributed by atoms with E-state index in [2.05, 4.69) is 40.2 Å². The highest BCUT2D eigenvalue weighted by molar-refractivity contribution is 5.59. The summed E-state index contributed by atoms with van der Waals surface area (Å²) in [6, 6.07) is 16.2. The predicted molar refractivity (Wildman–Crippen MR) is 106 cm³/mol. The number of anilines is 1. The van der Waals surface area contributed by atoms with Gasteiger partial charge in [0.2, 0.25) is 5.95 Å². The number of hydrogen-bond acceptors (Lipinski definition) is 4. The summed E-state index contributed by atoms with van der Waals surface area (Å²) >= 11 is 0. The summed E-state index contributed by atoms with van der Waals surface area (Å²) < 4.78 is 1.83. The van der Waals surface area contributed by atoms with Crippen LogP contribution < -0.4 is 10.5 Å². The van der Waals surface area contributed by atoms with Gasteiger partial charge in [0.1, 0.15) is 0 Å². The molecule has 0 bridgehead atoms. The smallest absolute Gasteiger partial charge is 0.255 e. The molecule has 2 aliphatic rings. The molecule has 5 heteroatoms. The number of fused-ring (bicyclic) bond motifs is 1. The highest BCUT2D eigenvalue weighted by atomic mass is 16.1. The quantitative estimate of drug-likeness (QED) is 0.718. The van der Waals surface area contributed by atoms with Gasteiger partial charge < -0.3 is 4.90 Å². The fraction of sp³-hybridized carbons (Fsp3) is 0.318. The predicted octanol–water partition coefficient (Wildman–Crippen LogP) is 3.32. The fourth-order valence-corrected chi connectivity index (χ4v) is 4.15. The van der Waals surface area contributed by atoms with Gasteiger partial charge >= 0.3 is 0 Å². The third-order valence-electron chi connectivity index (χ3n) is 5.66. The number of pyridine rings is 1. The Morgan fingerprint density at radius 3 is 2.67 bits per heavy atom. The molecular formula is C22H22N4O. The maximum atomic E-state index is 12.7. The van der Waals surface area contributed by atoms with Gasteiger partial charge in [0.05, 0.1) is 5.69 Å². The molecule has 2 atom stereocenters. The average Bonchev–Trinajstić information content (AvgIpc) is 3.49. The van der Waals surface area contributed by atoms with Crippen LogP contribution in [-0.2, 0) is 6.54 Å². The van der Waals surface area contributed by atoms with E-state index in [1.807, 2.05) is 16.7 Å². The van der Waals surface area contributed by atoms with Gasteiger partial charge in [-0.05, 0) is 42.4 Å². The summed E-state index contributed by atoms with van der Waals surface area (Å²) in [5.41, 5.74) is 3.13. The zero-order valence-electron chi connectivity index (χ0n) is 15.2. The van der Waals surface area contributed by atoms with E-state index < -0.39 is 0 Å². The van der Waals surface area contributed by atoms with E-state index in [1.54, 1.807) is 18.5 Å². The van der Waals surface area contributed by atoms with Crippen LogP contribution in [0.1, 0.15) is 24.3 Å². The summed E-state index contributed by atoms with van der Waals surface area (Å²) in [6.45, 7) is 2.68. The van der Waals surface area contributed by atoms with Crippen molar-refractivity contribution >= 4 is 5.95 Å². The van der Waals surface area contributed by atoms with E-state index in [1.165, 1.54) is 12.0 Å². The van der Waals surface area contributed by atoms with E-state index in [4.69, 9.17) is 4.98 Å². The lowest BCUT2D eigenvalue weighted by molar-refractivity contribution is 0.521. The number of aromatic nitrogens is 3. The second-order valence-electron chi connectivity index (χ2n) is 7.48. The van der Waals surface area contributed by atoms with Crippen LogP contribution in [0, 0.1) is 5.92 Å². The third-order valence-corrected chi connectivity index (χ3v) is 5.66. The third kappa shape index (κ3) is 3.14. The number of nitrogens with zero attached hydrogens (tertiary/aromatic N) is 4. The first-order chi connectivity index (χ1) is 13.3. The number of benzene rings is 1. The van der Waals surface area contributed by atoms with E-state index in [9.17, 15) is 4.79 Å². The van der Waals surface area contributed by atoms with Crippen molar-refractivity contribution in [3.05, 3.63) is 76.8 Å². The van der Waals surface area contributed by atoms with Crippen LogP contribution in [0.3, 0.4) is 0 Å². The van der Waals surface area contributed by atoms with E-state index in [0.29, 0.717) is 11.8 Å². The lowest BCUT2D eigenvalue weighted by Crippen LogP contribution is -2.39. The van der Waals surface area contributed by atoms with Crippen LogP contribution in [0.2, 0.25) is 0 Å². The minimum atomic E-state index is 0.0342. The zero-order valence-corrected chi connectivity index (χ0v) is 15.2. The number of rotatable bonds is 4. The van der Waals surface area contributed by atoms with Crippen molar-refractivity contribution in [2.45, 2.75) is 25.3 Å². The van der Waals surface area contributed by atoms with Gasteiger partial charge in [0, 0.05) is 43.7 Å². The largest absolute Gasteiger partial charge is 0.342 e. The van der Waals surface area contributed by atoms with Gasteiger partial charge in [0.15, 0.2) is 0 Å². The monoisotopic (exact) mass is 358 g/mol. The second-order valence-corrected chi connectivity index (χ2v) is 7.48. The Balaban J connectivity index is 1.42. The molecule has 1 aliphatic heterocycles. The molecule has 2 unspecified atom stereocenters. The van der Waals surface area contributed by atoms with Gasteiger partial charge in [0.25, 0.3) is 5.56 Å². The van der Waals surface area contributed by atoms with Crippen molar-refractivity contribution in [3.63, 3.8) is 0 Å². The first kappa shape index (κ1) is 16.2. The molecule has 0 spiro atoms. The average molecular weight is 358 g/mol. The maximum absolute atomic E-state index is 12.7. The van der Waals surface area contributed by atoms with Crippen molar-refractivity contribution in [1.82, 2.24) is 14.5 Å². The fourth-order valence-electron chi connectivity index (χ4n) is 4.15. The zero-order chi connectivity index (χ0) is 18.2. The Morgan fingerprint density at radius 1 is 1.04 bits per heavy atom. The molecule has 5 nitrogen and oxygen atoms in total. The summed E-state index contributed by atoms with van der Waals surface area (Å²) in [6.07, 6.45) is 5.68. The minimum absolute atomic E-state index is 0.0342. The summed E-state index contributed by atoms with van der Waals surface area (Å²) in [5, 5.41) is 0. The van der Waals surface area contributed by atoms with Crippen LogP contribution in [0.5, 0.6) is 0 Å². The molecule has 3 heterocycles. The molecule has 2 aromatic heterocycles. The normalized spacial score (nSPS) is 21.0. The second kappa shape index (κ2) is 6.65. The molecule has 3 aromatic rings.